The molecule has 0 amide bonds. The molecule has 1 N–H and O–H groups in total. The van der Waals surface area contributed by atoms with Crippen LogP contribution in [0.15, 0.2) is 71.6 Å². The Morgan fingerprint density at radius 3 is 2.43 bits per heavy atom. The first-order valence-electron chi connectivity index (χ1n) is 12.6. The molecule has 1 fully saturated rings. The molecular formula is C29H31N5S. The first-order valence-corrected chi connectivity index (χ1v) is 13.8. The first kappa shape index (κ1) is 22.2. The zero-order valence-electron chi connectivity index (χ0n) is 20.2. The van der Waals surface area contributed by atoms with E-state index in [-0.39, 0.29) is 0 Å². The summed E-state index contributed by atoms with van der Waals surface area (Å²) in [5, 5.41) is 4.78. The monoisotopic (exact) mass is 481 g/mol. The van der Waals surface area contributed by atoms with Gasteiger partial charge in [-0.25, -0.2) is 4.98 Å². The van der Waals surface area contributed by atoms with E-state index in [0.29, 0.717) is 0 Å². The second kappa shape index (κ2) is 9.78. The van der Waals surface area contributed by atoms with Crippen LogP contribution in [-0.2, 0) is 12.8 Å². The third-order valence-electron chi connectivity index (χ3n) is 7.23. The molecule has 1 aromatic heterocycles. The van der Waals surface area contributed by atoms with Crippen LogP contribution in [0.3, 0.4) is 0 Å². The van der Waals surface area contributed by atoms with Gasteiger partial charge in [0.05, 0.1) is 11.2 Å². The maximum Gasteiger partial charge on any atom is 0.228 e. The molecule has 0 spiro atoms. The molecule has 1 aliphatic carbocycles. The molecule has 0 radical (unpaired) electrons. The number of piperazine rings is 1. The lowest BCUT2D eigenvalue weighted by molar-refractivity contribution is 0.638. The molecule has 6 rings (SSSR count). The Hall–Kier alpha value is -3.25. The highest BCUT2D eigenvalue weighted by Crippen LogP contribution is 2.33. The number of anilines is 4. The highest BCUT2D eigenvalue weighted by atomic mass is 32.2. The number of rotatable bonds is 5. The van der Waals surface area contributed by atoms with E-state index in [0.717, 1.165) is 55.3 Å². The highest BCUT2D eigenvalue weighted by molar-refractivity contribution is 7.98. The Balaban J connectivity index is 1.29. The first-order chi connectivity index (χ1) is 17.3. The summed E-state index contributed by atoms with van der Waals surface area (Å²) in [6.07, 6.45) is 6.99. The quantitative estimate of drug-likeness (QED) is 0.338. The van der Waals surface area contributed by atoms with Crippen molar-refractivity contribution in [1.29, 1.82) is 0 Å². The largest absolute Gasteiger partial charge is 0.367 e. The van der Waals surface area contributed by atoms with Gasteiger partial charge in [0.1, 0.15) is 5.82 Å². The van der Waals surface area contributed by atoms with E-state index in [1.807, 2.05) is 11.8 Å². The summed E-state index contributed by atoms with van der Waals surface area (Å²) < 4.78 is 0. The van der Waals surface area contributed by atoms with Gasteiger partial charge < -0.3 is 15.1 Å². The molecule has 178 valence electrons. The van der Waals surface area contributed by atoms with Gasteiger partial charge in [-0.15, -0.1) is 11.8 Å². The number of fused-ring (bicyclic) bond motifs is 2. The predicted octanol–water partition coefficient (Wildman–Crippen LogP) is 6.30. The second-order valence-corrected chi connectivity index (χ2v) is 10.2. The van der Waals surface area contributed by atoms with Gasteiger partial charge in [-0.2, -0.15) is 4.98 Å². The van der Waals surface area contributed by atoms with Crippen molar-refractivity contribution >= 4 is 45.8 Å². The predicted molar refractivity (Wildman–Crippen MR) is 149 cm³/mol. The van der Waals surface area contributed by atoms with Crippen LogP contribution in [0.1, 0.15) is 24.0 Å². The maximum absolute atomic E-state index is 5.08. The molecule has 3 aromatic carbocycles. The van der Waals surface area contributed by atoms with Gasteiger partial charge >= 0.3 is 0 Å². The minimum absolute atomic E-state index is 0.814. The zero-order chi connectivity index (χ0) is 23.6. The number of aryl methyl sites for hydroxylation is 1. The number of hydrogen-bond donors (Lipinski definition) is 1. The number of nitrogens with one attached hydrogen (secondary N) is 1. The summed E-state index contributed by atoms with van der Waals surface area (Å²) in [4.78, 5) is 16.2. The van der Waals surface area contributed by atoms with Gasteiger partial charge in [0, 0.05) is 42.1 Å². The van der Waals surface area contributed by atoms with Crippen LogP contribution in [-0.4, -0.2) is 42.4 Å². The van der Waals surface area contributed by atoms with Crippen molar-refractivity contribution in [3.63, 3.8) is 0 Å². The number of thioether (sulfide) groups is 1. The lowest BCUT2D eigenvalue weighted by atomic mass is 9.90. The van der Waals surface area contributed by atoms with Crippen molar-refractivity contribution in [3.8, 4) is 0 Å². The average molecular weight is 482 g/mol. The van der Waals surface area contributed by atoms with Crippen molar-refractivity contribution in [1.82, 2.24) is 9.97 Å². The molecule has 0 saturated carbocycles. The number of para-hydroxylation sites is 2. The third kappa shape index (κ3) is 4.43. The number of nitrogens with zero attached hydrogens (tertiary/aromatic N) is 4. The highest BCUT2D eigenvalue weighted by Gasteiger charge is 2.22. The van der Waals surface area contributed by atoms with Gasteiger partial charge in [-0.3, -0.25) is 0 Å². The molecule has 35 heavy (non-hydrogen) atoms. The van der Waals surface area contributed by atoms with Crippen molar-refractivity contribution in [3.05, 3.63) is 77.9 Å². The van der Waals surface area contributed by atoms with E-state index in [9.17, 15) is 0 Å². The van der Waals surface area contributed by atoms with E-state index >= 15 is 0 Å². The maximum atomic E-state index is 5.08. The molecule has 1 aliphatic heterocycles. The Labute approximate surface area is 211 Å². The number of aromatic nitrogens is 2. The molecule has 4 aromatic rings. The lowest BCUT2D eigenvalue weighted by Crippen LogP contribution is -2.47. The lowest BCUT2D eigenvalue weighted by Gasteiger charge is -2.37. The van der Waals surface area contributed by atoms with Gasteiger partial charge in [0.25, 0.3) is 0 Å². The van der Waals surface area contributed by atoms with Crippen LogP contribution in [0.5, 0.6) is 0 Å². The van der Waals surface area contributed by atoms with Crippen molar-refractivity contribution in [2.24, 2.45) is 0 Å². The third-order valence-corrected chi connectivity index (χ3v) is 8.01. The molecule has 0 bridgehead atoms. The van der Waals surface area contributed by atoms with Crippen LogP contribution in [0.2, 0.25) is 0 Å². The molecule has 0 unspecified atom stereocenters. The van der Waals surface area contributed by atoms with Crippen LogP contribution in [0.4, 0.5) is 23.1 Å². The Morgan fingerprint density at radius 1 is 0.771 bits per heavy atom. The van der Waals surface area contributed by atoms with Crippen LogP contribution >= 0.6 is 11.8 Å². The molecule has 2 aliphatic rings. The van der Waals surface area contributed by atoms with Gasteiger partial charge in [-0.1, -0.05) is 36.4 Å². The van der Waals surface area contributed by atoms with E-state index in [4.69, 9.17) is 9.97 Å². The summed E-state index contributed by atoms with van der Waals surface area (Å²) in [5.41, 5.74) is 6.43. The van der Waals surface area contributed by atoms with Crippen LogP contribution in [0.25, 0.3) is 10.9 Å². The standard InChI is InChI=1S/C29H31N5S/c1-35-27-16-7-6-15-26(27)33-17-19-34(20-18-33)29-31-25-13-5-4-12-23(25)28(32-29)30-24-14-8-10-21-9-2-3-11-22(21)24/h4-8,10,12-16H,2-3,9,11,17-20H2,1H3,(H,30,31,32). The van der Waals surface area contributed by atoms with E-state index < -0.39 is 0 Å². The van der Waals surface area contributed by atoms with E-state index in [2.05, 4.69) is 88.1 Å². The van der Waals surface area contributed by atoms with Gasteiger partial charge in [0.2, 0.25) is 5.95 Å². The Bertz CT molecular complexity index is 1350. The molecule has 6 heteroatoms. The molecule has 1 saturated heterocycles. The van der Waals surface area contributed by atoms with Crippen molar-refractivity contribution in [2.45, 2.75) is 30.6 Å². The summed E-state index contributed by atoms with van der Waals surface area (Å²) in [7, 11) is 0. The minimum atomic E-state index is 0.814. The Morgan fingerprint density at radius 2 is 1.54 bits per heavy atom. The SMILES string of the molecule is CSc1ccccc1N1CCN(c2nc(Nc3cccc4c3CCCC4)c3ccccc3n2)CC1. The topological polar surface area (TPSA) is 44.3 Å². The van der Waals surface area contributed by atoms with Crippen molar-refractivity contribution < 1.29 is 0 Å². The molecule has 0 atom stereocenters. The fourth-order valence-corrected chi connectivity index (χ4v) is 5.99. The fraction of sp³-hybridized carbons (Fsp3) is 0.310. The van der Waals surface area contributed by atoms with Gasteiger partial charge in [-0.05, 0) is 73.4 Å². The average Bonchev–Trinajstić information content (AvgIpc) is 2.93. The van der Waals surface area contributed by atoms with E-state index in [1.54, 1.807) is 0 Å². The fourth-order valence-electron chi connectivity index (χ4n) is 5.37. The number of hydrogen-bond acceptors (Lipinski definition) is 6. The van der Waals surface area contributed by atoms with E-state index in [1.165, 1.54) is 46.7 Å². The minimum Gasteiger partial charge on any atom is -0.367 e. The summed E-state index contributed by atoms with van der Waals surface area (Å²) in [5.74, 6) is 1.72. The second-order valence-electron chi connectivity index (χ2n) is 9.31. The molecule has 2 heterocycles. The normalized spacial score (nSPS) is 15.8. The summed E-state index contributed by atoms with van der Waals surface area (Å²) >= 11 is 1.81. The summed E-state index contributed by atoms with van der Waals surface area (Å²) in [6, 6.07) is 23.7. The smallest absolute Gasteiger partial charge is 0.228 e. The molecule has 5 nitrogen and oxygen atoms in total. The summed E-state index contributed by atoms with van der Waals surface area (Å²) in [6.45, 7) is 3.73. The van der Waals surface area contributed by atoms with Crippen LogP contribution in [0, 0.1) is 0 Å². The Kier molecular flexibility index (Phi) is 6.21. The number of benzene rings is 3. The molecular weight excluding hydrogens is 450 g/mol. The van der Waals surface area contributed by atoms with Crippen molar-refractivity contribution in [2.75, 3.05) is 47.6 Å². The van der Waals surface area contributed by atoms with Gasteiger partial charge in [0.15, 0.2) is 0 Å². The zero-order valence-corrected chi connectivity index (χ0v) is 21.0. The van der Waals surface area contributed by atoms with Crippen LogP contribution < -0.4 is 15.1 Å².